The summed E-state index contributed by atoms with van der Waals surface area (Å²) >= 11 is 7.36. The van der Waals surface area contributed by atoms with Gasteiger partial charge in [-0.15, -0.1) is 11.8 Å². The van der Waals surface area contributed by atoms with E-state index < -0.39 is 5.97 Å². The molecule has 0 aliphatic heterocycles. The van der Waals surface area contributed by atoms with Gasteiger partial charge in [0.2, 0.25) is 0 Å². The van der Waals surface area contributed by atoms with Crippen LogP contribution in [0.25, 0.3) is 0 Å². The van der Waals surface area contributed by atoms with Crippen LogP contribution in [0.4, 0.5) is 5.69 Å². The topological polar surface area (TPSA) is 66.4 Å². The number of hydrogen-bond donors (Lipinski definition) is 2. The summed E-state index contributed by atoms with van der Waals surface area (Å²) in [6, 6.07) is 11.5. The highest BCUT2D eigenvalue weighted by Crippen LogP contribution is 2.24. The summed E-state index contributed by atoms with van der Waals surface area (Å²) in [6.45, 7) is 0. The van der Waals surface area contributed by atoms with E-state index in [1.54, 1.807) is 12.1 Å². The fraction of sp³-hybridized carbons (Fsp3) is 0.0667. The number of anilines is 1. The lowest BCUT2D eigenvalue weighted by Crippen LogP contribution is -2.13. The summed E-state index contributed by atoms with van der Waals surface area (Å²) < 4.78 is 0. The van der Waals surface area contributed by atoms with E-state index in [0.717, 1.165) is 4.90 Å². The Hall–Kier alpha value is -1.98. The maximum Gasteiger partial charge on any atom is 0.337 e. The third-order valence-corrected chi connectivity index (χ3v) is 3.92. The fourth-order valence-corrected chi connectivity index (χ4v) is 2.65. The number of carbonyl (C=O) groups excluding carboxylic acids is 1. The molecule has 2 N–H and O–H groups in total. The number of benzene rings is 2. The number of aromatic carboxylic acids is 1. The van der Waals surface area contributed by atoms with Crippen molar-refractivity contribution in [2.24, 2.45) is 0 Å². The molecule has 2 rings (SSSR count). The summed E-state index contributed by atoms with van der Waals surface area (Å²) in [7, 11) is 0. The van der Waals surface area contributed by atoms with E-state index >= 15 is 0 Å². The van der Waals surface area contributed by atoms with Crippen molar-refractivity contribution in [3.05, 3.63) is 58.6 Å². The molecular weight excluding hydrogens is 310 g/mol. The van der Waals surface area contributed by atoms with Crippen LogP contribution < -0.4 is 5.32 Å². The Labute approximate surface area is 131 Å². The van der Waals surface area contributed by atoms with Crippen molar-refractivity contribution in [3.8, 4) is 0 Å². The van der Waals surface area contributed by atoms with Gasteiger partial charge in [0.1, 0.15) is 0 Å². The fourth-order valence-electron chi connectivity index (χ4n) is 1.80. The predicted octanol–water partition coefficient (Wildman–Crippen LogP) is 4.01. The van der Waals surface area contributed by atoms with Crippen LogP contribution in [-0.2, 0) is 0 Å². The molecule has 0 bridgehead atoms. The Bertz CT molecular complexity index is 703. The highest BCUT2D eigenvalue weighted by molar-refractivity contribution is 7.98. The van der Waals surface area contributed by atoms with Crippen LogP contribution in [0.3, 0.4) is 0 Å². The maximum atomic E-state index is 12.2. The lowest BCUT2D eigenvalue weighted by molar-refractivity contribution is 0.0697. The van der Waals surface area contributed by atoms with Gasteiger partial charge < -0.3 is 10.4 Å². The lowest BCUT2D eigenvalue weighted by atomic mass is 10.2. The van der Waals surface area contributed by atoms with Crippen LogP contribution in [0.15, 0.2) is 47.4 Å². The third-order valence-electron chi connectivity index (χ3n) is 2.81. The number of hydrogen-bond acceptors (Lipinski definition) is 3. The van der Waals surface area contributed by atoms with E-state index in [0.29, 0.717) is 11.3 Å². The predicted molar refractivity (Wildman–Crippen MR) is 84.6 cm³/mol. The molecule has 0 aliphatic rings. The van der Waals surface area contributed by atoms with Crippen molar-refractivity contribution >= 4 is 40.9 Å². The minimum Gasteiger partial charge on any atom is -0.478 e. The molecule has 21 heavy (non-hydrogen) atoms. The van der Waals surface area contributed by atoms with Crippen LogP contribution in [0.5, 0.6) is 0 Å². The largest absolute Gasteiger partial charge is 0.478 e. The van der Waals surface area contributed by atoms with Crippen LogP contribution in [0, 0.1) is 0 Å². The van der Waals surface area contributed by atoms with Crippen molar-refractivity contribution in [1.82, 2.24) is 0 Å². The van der Waals surface area contributed by atoms with Crippen molar-refractivity contribution in [2.45, 2.75) is 4.90 Å². The summed E-state index contributed by atoms with van der Waals surface area (Å²) in [4.78, 5) is 24.0. The normalized spacial score (nSPS) is 10.2. The van der Waals surface area contributed by atoms with Crippen LogP contribution in [0.1, 0.15) is 20.7 Å². The van der Waals surface area contributed by atoms with Gasteiger partial charge in [-0.1, -0.05) is 23.7 Å². The molecule has 0 heterocycles. The highest BCUT2D eigenvalue weighted by atomic mass is 35.5. The zero-order valence-electron chi connectivity index (χ0n) is 11.1. The monoisotopic (exact) mass is 321 g/mol. The Morgan fingerprint density at radius 3 is 2.48 bits per heavy atom. The molecule has 2 aromatic rings. The molecule has 0 saturated heterocycles. The Kier molecular flexibility index (Phi) is 4.88. The van der Waals surface area contributed by atoms with Crippen molar-refractivity contribution < 1.29 is 14.7 Å². The van der Waals surface area contributed by atoms with Gasteiger partial charge in [-0.2, -0.15) is 0 Å². The molecule has 0 saturated carbocycles. The van der Waals surface area contributed by atoms with Gasteiger partial charge in [0.05, 0.1) is 16.1 Å². The molecule has 2 aromatic carbocycles. The van der Waals surface area contributed by atoms with Crippen molar-refractivity contribution in [1.29, 1.82) is 0 Å². The summed E-state index contributed by atoms with van der Waals surface area (Å²) in [5.41, 5.74) is 1.01. The van der Waals surface area contributed by atoms with Gasteiger partial charge in [0.15, 0.2) is 0 Å². The second-order valence-electron chi connectivity index (χ2n) is 4.15. The lowest BCUT2D eigenvalue weighted by Gasteiger charge is -2.09. The van der Waals surface area contributed by atoms with E-state index in [1.807, 2.05) is 18.4 Å². The van der Waals surface area contributed by atoms with Gasteiger partial charge in [-0.25, -0.2) is 4.79 Å². The number of nitrogens with one attached hydrogen (secondary N) is 1. The molecule has 0 aromatic heterocycles. The summed E-state index contributed by atoms with van der Waals surface area (Å²) in [5, 5.41) is 11.7. The molecule has 1 amide bonds. The number of halogens is 1. The van der Waals surface area contributed by atoms with Crippen LogP contribution in [0.2, 0.25) is 5.02 Å². The summed E-state index contributed by atoms with van der Waals surface area (Å²) in [5.74, 6) is -1.37. The minimum atomic E-state index is -1.11. The molecule has 0 spiro atoms. The van der Waals surface area contributed by atoms with Crippen molar-refractivity contribution in [2.75, 3.05) is 11.6 Å². The minimum absolute atomic E-state index is 0.000760. The van der Waals surface area contributed by atoms with E-state index in [4.69, 9.17) is 16.7 Å². The zero-order valence-corrected chi connectivity index (χ0v) is 12.7. The zero-order chi connectivity index (χ0) is 15.4. The number of carbonyl (C=O) groups is 2. The smallest absolute Gasteiger partial charge is 0.337 e. The average molecular weight is 322 g/mol. The Balaban J connectivity index is 2.24. The second-order valence-corrected chi connectivity index (χ2v) is 5.41. The van der Waals surface area contributed by atoms with Gasteiger partial charge in [0.25, 0.3) is 5.91 Å². The van der Waals surface area contributed by atoms with Crippen LogP contribution >= 0.6 is 23.4 Å². The number of rotatable bonds is 4. The Morgan fingerprint density at radius 2 is 1.86 bits per heavy atom. The first-order valence-corrected chi connectivity index (χ1v) is 7.60. The van der Waals surface area contributed by atoms with E-state index in [9.17, 15) is 9.59 Å². The van der Waals surface area contributed by atoms with E-state index in [2.05, 4.69) is 5.32 Å². The number of thioether (sulfide) groups is 1. The molecule has 0 unspecified atom stereocenters. The first-order valence-electron chi connectivity index (χ1n) is 6.00. The molecule has 6 heteroatoms. The third kappa shape index (κ3) is 3.56. The van der Waals surface area contributed by atoms with Crippen molar-refractivity contribution in [3.63, 3.8) is 0 Å². The number of carboxylic acids is 1. The first-order chi connectivity index (χ1) is 10.0. The molecule has 0 aliphatic carbocycles. The van der Waals surface area contributed by atoms with Gasteiger partial charge in [-0.3, -0.25) is 4.79 Å². The molecule has 0 fully saturated rings. The molecule has 0 radical (unpaired) electrons. The first kappa shape index (κ1) is 15.4. The van der Waals surface area contributed by atoms with E-state index in [1.165, 1.54) is 30.0 Å². The van der Waals surface area contributed by atoms with Gasteiger partial charge >= 0.3 is 5.97 Å². The molecule has 108 valence electrons. The molecule has 4 nitrogen and oxygen atoms in total. The average Bonchev–Trinajstić information content (AvgIpc) is 2.46. The highest BCUT2D eigenvalue weighted by Gasteiger charge is 2.13. The molecule has 0 atom stereocenters. The van der Waals surface area contributed by atoms with Gasteiger partial charge in [0, 0.05) is 10.6 Å². The van der Waals surface area contributed by atoms with E-state index in [-0.39, 0.29) is 16.5 Å². The number of carboxylic acid groups (broad SMARTS) is 1. The SMILES string of the molecule is CSc1ccccc1C(=O)Nc1ccc(C(=O)O)c(Cl)c1. The Morgan fingerprint density at radius 1 is 1.14 bits per heavy atom. The standard InChI is InChI=1S/C15H12ClNO3S/c1-21-13-5-3-2-4-11(13)14(18)17-9-6-7-10(15(19)20)12(16)8-9/h2-8H,1H3,(H,17,18)(H,19,20). The second kappa shape index (κ2) is 6.65. The number of amides is 1. The van der Waals surface area contributed by atoms with Crippen LogP contribution in [-0.4, -0.2) is 23.2 Å². The van der Waals surface area contributed by atoms with Gasteiger partial charge in [-0.05, 0) is 36.6 Å². The quantitative estimate of drug-likeness (QED) is 0.835. The molecular formula is C15H12ClNO3S. The summed E-state index contributed by atoms with van der Waals surface area (Å²) in [6.07, 6.45) is 1.89. The maximum absolute atomic E-state index is 12.2.